The zero-order valence-corrected chi connectivity index (χ0v) is 9.01. The molecule has 0 amide bonds. The van der Waals surface area contributed by atoms with Crippen LogP contribution in [0, 0.1) is 0 Å². The predicted molar refractivity (Wildman–Crippen MR) is 62.9 cm³/mol. The van der Waals surface area contributed by atoms with Crippen LogP contribution in [0.5, 0.6) is 0 Å². The average Bonchev–Trinajstić information content (AvgIpc) is 2.81. The molecular formula is C13H14N2. The van der Waals surface area contributed by atoms with Crippen LogP contribution in [0.2, 0.25) is 0 Å². The molecule has 76 valence electrons. The highest BCUT2D eigenvalue weighted by atomic mass is 15.3. The Kier molecular flexibility index (Phi) is 2.68. The van der Waals surface area contributed by atoms with Crippen molar-refractivity contribution in [3.63, 3.8) is 0 Å². The number of hydrogen-bond acceptors (Lipinski definition) is 1. The summed E-state index contributed by atoms with van der Waals surface area (Å²) in [4.78, 5) is 0. The smallest absolute Gasteiger partial charge is 0.0720 e. The van der Waals surface area contributed by atoms with Crippen molar-refractivity contribution in [1.29, 1.82) is 0 Å². The van der Waals surface area contributed by atoms with Crippen LogP contribution in [0.1, 0.15) is 19.4 Å². The molecule has 0 radical (unpaired) electrons. The molecule has 0 fully saturated rings. The Bertz CT molecular complexity index is 467. The Morgan fingerprint density at radius 2 is 2.07 bits per heavy atom. The van der Waals surface area contributed by atoms with E-state index in [2.05, 4.69) is 43.2 Å². The molecule has 0 aliphatic carbocycles. The molecule has 2 aromatic rings. The number of nitrogens with zero attached hydrogens (tertiary/aromatic N) is 2. The van der Waals surface area contributed by atoms with Crippen molar-refractivity contribution in [2.24, 2.45) is 0 Å². The van der Waals surface area contributed by atoms with E-state index in [-0.39, 0.29) is 0 Å². The Morgan fingerprint density at radius 3 is 2.73 bits per heavy atom. The van der Waals surface area contributed by atoms with E-state index in [1.165, 1.54) is 11.1 Å². The maximum absolute atomic E-state index is 4.25. The van der Waals surface area contributed by atoms with Gasteiger partial charge in [0.05, 0.1) is 5.69 Å². The molecule has 0 unspecified atom stereocenters. The fourth-order valence-electron chi connectivity index (χ4n) is 1.57. The van der Waals surface area contributed by atoms with E-state index in [0.717, 1.165) is 5.69 Å². The lowest BCUT2D eigenvalue weighted by atomic mass is 10.1. The normalized spacial score (nSPS) is 11.7. The Morgan fingerprint density at radius 1 is 1.27 bits per heavy atom. The predicted octanol–water partition coefficient (Wildman–Crippen LogP) is 3.30. The highest BCUT2D eigenvalue weighted by Crippen LogP contribution is 2.21. The third kappa shape index (κ3) is 1.84. The van der Waals surface area contributed by atoms with Gasteiger partial charge in [0.15, 0.2) is 0 Å². The quantitative estimate of drug-likeness (QED) is 0.724. The Hall–Kier alpha value is -1.83. The highest BCUT2D eigenvalue weighted by molar-refractivity contribution is 5.70. The van der Waals surface area contributed by atoms with E-state index >= 15 is 0 Å². The molecule has 0 N–H and O–H groups in total. The van der Waals surface area contributed by atoms with E-state index in [9.17, 15) is 0 Å². The molecule has 2 rings (SSSR count). The molecule has 15 heavy (non-hydrogen) atoms. The summed E-state index contributed by atoms with van der Waals surface area (Å²) < 4.78 is 1.89. The number of rotatable bonds is 2. The molecule has 0 aliphatic heterocycles. The summed E-state index contributed by atoms with van der Waals surface area (Å²) >= 11 is 0. The second-order valence-electron chi connectivity index (χ2n) is 3.44. The molecule has 1 aromatic heterocycles. The highest BCUT2D eigenvalue weighted by Gasteiger charge is 2.04. The maximum atomic E-state index is 4.25. The van der Waals surface area contributed by atoms with E-state index in [4.69, 9.17) is 0 Å². The fraction of sp³-hybridized carbons (Fsp3) is 0.154. The third-order valence-electron chi connectivity index (χ3n) is 2.51. The van der Waals surface area contributed by atoms with Crippen LogP contribution in [0.15, 0.2) is 48.8 Å². The van der Waals surface area contributed by atoms with Gasteiger partial charge in [-0.2, -0.15) is 5.10 Å². The molecule has 1 heterocycles. The number of hydrogen-bond donors (Lipinski definition) is 0. The lowest BCUT2D eigenvalue weighted by Crippen LogP contribution is -1.98. The van der Waals surface area contributed by atoms with Gasteiger partial charge in [-0.25, -0.2) is 4.68 Å². The maximum Gasteiger partial charge on any atom is 0.0720 e. The lowest BCUT2D eigenvalue weighted by molar-refractivity contribution is 0.877. The van der Waals surface area contributed by atoms with Crippen molar-refractivity contribution in [3.8, 4) is 5.69 Å². The average molecular weight is 198 g/mol. The monoisotopic (exact) mass is 198 g/mol. The topological polar surface area (TPSA) is 17.8 Å². The molecular weight excluding hydrogens is 184 g/mol. The summed E-state index contributed by atoms with van der Waals surface area (Å²) in [6, 6.07) is 10.2. The van der Waals surface area contributed by atoms with Crippen molar-refractivity contribution >= 4 is 5.57 Å². The van der Waals surface area contributed by atoms with Crippen LogP contribution in [0.3, 0.4) is 0 Å². The van der Waals surface area contributed by atoms with E-state index in [0.29, 0.717) is 0 Å². The number of para-hydroxylation sites is 1. The molecule has 0 aliphatic rings. The van der Waals surface area contributed by atoms with E-state index in [1.54, 1.807) is 6.20 Å². The van der Waals surface area contributed by atoms with Gasteiger partial charge in [0, 0.05) is 18.0 Å². The first kappa shape index (κ1) is 9.71. The van der Waals surface area contributed by atoms with E-state index in [1.807, 2.05) is 23.0 Å². The standard InChI is InChI=1S/C13H14N2/c1-3-11(2)12-7-4-5-8-13(12)15-10-6-9-14-15/h3-10H,1-2H3. The second kappa shape index (κ2) is 4.13. The number of benzene rings is 1. The summed E-state index contributed by atoms with van der Waals surface area (Å²) in [5, 5.41) is 4.25. The van der Waals surface area contributed by atoms with Crippen molar-refractivity contribution in [2.45, 2.75) is 13.8 Å². The molecule has 0 saturated heterocycles. The first-order valence-corrected chi connectivity index (χ1v) is 5.05. The SMILES string of the molecule is CC=C(C)c1ccccc1-n1cccn1. The first-order chi connectivity index (χ1) is 7.33. The number of aromatic nitrogens is 2. The van der Waals surface area contributed by atoms with Crippen LogP contribution in [-0.2, 0) is 0 Å². The van der Waals surface area contributed by atoms with Crippen molar-refractivity contribution < 1.29 is 0 Å². The van der Waals surface area contributed by atoms with Crippen LogP contribution in [0.4, 0.5) is 0 Å². The minimum Gasteiger partial charge on any atom is -0.240 e. The van der Waals surface area contributed by atoms with Crippen LogP contribution >= 0.6 is 0 Å². The Labute approximate surface area is 89.9 Å². The summed E-state index contributed by atoms with van der Waals surface area (Å²) in [6.45, 7) is 4.16. The lowest BCUT2D eigenvalue weighted by Gasteiger charge is -2.09. The summed E-state index contributed by atoms with van der Waals surface area (Å²) in [5.41, 5.74) is 3.61. The van der Waals surface area contributed by atoms with Crippen molar-refractivity contribution in [2.75, 3.05) is 0 Å². The molecule has 0 bridgehead atoms. The van der Waals surface area contributed by atoms with Crippen LogP contribution in [-0.4, -0.2) is 9.78 Å². The van der Waals surface area contributed by atoms with Gasteiger partial charge in [0.25, 0.3) is 0 Å². The van der Waals surface area contributed by atoms with Crippen molar-refractivity contribution in [1.82, 2.24) is 9.78 Å². The van der Waals surface area contributed by atoms with Crippen LogP contribution in [0.25, 0.3) is 11.3 Å². The Balaban J connectivity index is 2.57. The fourth-order valence-corrected chi connectivity index (χ4v) is 1.57. The van der Waals surface area contributed by atoms with Crippen LogP contribution < -0.4 is 0 Å². The second-order valence-corrected chi connectivity index (χ2v) is 3.44. The minimum absolute atomic E-state index is 1.12. The van der Waals surface area contributed by atoms with Gasteiger partial charge in [0.1, 0.15) is 0 Å². The number of allylic oxidation sites excluding steroid dienone is 2. The van der Waals surface area contributed by atoms with Crippen molar-refractivity contribution in [3.05, 3.63) is 54.4 Å². The molecule has 0 atom stereocenters. The summed E-state index contributed by atoms with van der Waals surface area (Å²) in [6.07, 6.45) is 5.87. The van der Waals surface area contributed by atoms with Gasteiger partial charge in [0.2, 0.25) is 0 Å². The van der Waals surface area contributed by atoms with Gasteiger partial charge < -0.3 is 0 Å². The molecule has 1 aromatic carbocycles. The molecule has 2 nitrogen and oxygen atoms in total. The zero-order chi connectivity index (χ0) is 10.7. The van der Waals surface area contributed by atoms with Gasteiger partial charge in [-0.3, -0.25) is 0 Å². The third-order valence-corrected chi connectivity index (χ3v) is 2.51. The van der Waals surface area contributed by atoms with Gasteiger partial charge >= 0.3 is 0 Å². The van der Waals surface area contributed by atoms with Gasteiger partial charge in [-0.05, 0) is 31.6 Å². The molecule has 0 saturated carbocycles. The van der Waals surface area contributed by atoms with Gasteiger partial charge in [-0.15, -0.1) is 0 Å². The largest absolute Gasteiger partial charge is 0.240 e. The minimum atomic E-state index is 1.12. The molecule has 0 spiro atoms. The zero-order valence-electron chi connectivity index (χ0n) is 9.01. The summed E-state index contributed by atoms with van der Waals surface area (Å²) in [5.74, 6) is 0. The van der Waals surface area contributed by atoms with E-state index < -0.39 is 0 Å². The van der Waals surface area contributed by atoms with Gasteiger partial charge in [-0.1, -0.05) is 24.3 Å². The summed E-state index contributed by atoms with van der Waals surface area (Å²) in [7, 11) is 0. The molecule has 2 heteroatoms. The first-order valence-electron chi connectivity index (χ1n) is 5.05.